The molecule has 6 rings (SSSR count). The molecule has 0 atom stereocenters. The Bertz CT molecular complexity index is 1470. The SMILES string of the molecule is C(#Cc1ccnc(-c2ccnc(-c3nc4c(s3)CNC4)n2)n1)c1ccc2[nH]ncc2c1. The number of fused-ring (bicyclic) bond motifs is 2. The van der Waals surface area contributed by atoms with Crippen LogP contribution in [-0.2, 0) is 13.1 Å². The maximum atomic E-state index is 4.66. The largest absolute Gasteiger partial charge is 0.306 e. The molecule has 0 radical (unpaired) electrons. The molecule has 9 heteroatoms. The van der Waals surface area contributed by atoms with Crippen LogP contribution in [0.2, 0.25) is 0 Å². The van der Waals surface area contributed by atoms with Gasteiger partial charge >= 0.3 is 0 Å². The first-order valence-corrected chi connectivity index (χ1v) is 10.4. The van der Waals surface area contributed by atoms with Gasteiger partial charge in [-0.15, -0.1) is 11.3 Å². The molecule has 5 heterocycles. The standard InChI is InChI=1S/C22H14N8S/c1(13-2-4-16-14(9-13)10-26-30-16)3-15-5-7-24-20(27-15)17-6-8-25-21(28-17)22-29-18-11-23-12-19(18)31-22/h2,4-10,23H,11-12H2,(H,26,30). The number of aromatic amines is 1. The van der Waals surface area contributed by atoms with Crippen LogP contribution in [0.5, 0.6) is 0 Å². The van der Waals surface area contributed by atoms with Crippen LogP contribution in [0.25, 0.3) is 33.3 Å². The van der Waals surface area contributed by atoms with Crippen LogP contribution < -0.4 is 5.32 Å². The van der Waals surface area contributed by atoms with Gasteiger partial charge in [-0.05, 0) is 36.3 Å². The van der Waals surface area contributed by atoms with Crippen LogP contribution in [0.1, 0.15) is 21.8 Å². The Morgan fingerprint density at radius 3 is 2.81 bits per heavy atom. The summed E-state index contributed by atoms with van der Waals surface area (Å²) in [4.78, 5) is 23.9. The van der Waals surface area contributed by atoms with E-state index in [9.17, 15) is 0 Å². The third kappa shape index (κ3) is 3.44. The molecule has 1 aliphatic rings. The van der Waals surface area contributed by atoms with Crippen molar-refractivity contribution in [3.8, 4) is 34.2 Å². The van der Waals surface area contributed by atoms with Crippen LogP contribution in [-0.4, -0.2) is 35.1 Å². The fraction of sp³-hybridized carbons (Fsp3) is 0.0909. The molecule has 0 amide bonds. The lowest BCUT2D eigenvalue weighted by atomic mass is 10.1. The quantitative estimate of drug-likeness (QED) is 0.421. The molecule has 148 valence electrons. The summed E-state index contributed by atoms with van der Waals surface area (Å²) in [5.41, 5.74) is 4.22. The van der Waals surface area contributed by atoms with Crippen molar-refractivity contribution in [2.75, 3.05) is 0 Å². The molecule has 4 aromatic heterocycles. The van der Waals surface area contributed by atoms with Crippen LogP contribution in [0.4, 0.5) is 0 Å². The molecule has 8 nitrogen and oxygen atoms in total. The molecular weight excluding hydrogens is 408 g/mol. The van der Waals surface area contributed by atoms with E-state index in [0.29, 0.717) is 23.0 Å². The van der Waals surface area contributed by atoms with Gasteiger partial charge in [0.25, 0.3) is 0 Å². The van der Waals surface area contributed by atoms with Gasteiger partial charge in [0.05, 0.1) is 17.4 Å². The molecule has 0 fully saturated rings. The Kier molecular flexibility index (Phi) is 4.23. The van der Waals surface area contributed by atoms with E-state index in [1.807, 2.05) is 18.2 Å². The van der Waals surface area contributed by atoms with Gasteiger partial charge in [0.1, 0.15) is 11.4 Å². The lowest BCUT2D eigenvalue weighted by molar-refractivity contribution is 0.758. The summed E-state index contributed by atoms with van der Waals surface area (Å²) in [6.07, 6.45) is 5.19. The summed E-state index contributed by atoms with van der Waals surface area (Å²) in [5, 5.41) is 12.1. The molecule has 1 aromatic carbocycles. The van der Waals surface area contributed by atoms with E-state index in [-0.39, 0.29) is 0 Å². The van der Waals surface area contributed by atoms with Crippen molar-refractivity contribution in [2.24, 2.45) is 0 Å². The molecule has 0 spiro atoms. The fourth-order valence-electron chi connectivity index (χ4n) is 3.34. The first kappa shape index (κ1) is 17.8. The van der Waals surface area contributed by atoms with Gasteiger partial charge in [0.15, 0.2) is 16.7 Å². The van der Waals surface area contributed by atoms with Crippen molar-refractivity contribution in [2.45, 2.75) is 13.1 Å². The molecular formula is C22H14N8S. The van der Waals surface area contributed by atoms with Gasteiger partial charge in [-0.2, -0.15) is 5.10 Å². The van der Waals surface area contributed by atoms with E-state index < -0.39 is 0 Å². The molecule has 0 saturated heterocycles. The van der Waals surface area contributed by atoms with E-state index in [1.165, 1.54) is 4.88 Å². The van der Waals surface area contributed by atoms with Crippen molar-refractivity contribution >= 4 is 22.2 Å². The Labute approximate surface area is 180 Å². The number of hydrogen-bond donors (Lipinski definition) is 2. The predicted octanol–water partition coefficient (Wildman–Crippen LogP) is 2.94. The molecule has 0 aliphatic carbocycles. The Morgan fingerprint density at radius 1 is 0.903 bits per heavy atom. The minimum absolute atomic E-state index is 0.506. The zero-order valence-corrected chi connectivity index (χ0v) is 16.9. The van der Waals surface area contributed by atoms with Gasteiger partial charge < -0.3 is 5.32 Å². The zero-order chi connectivity index (χ0) is 20.6. The van der Waals surface area contributed by atoms with Gasteiger partial charge in [-0.3, -0.25) is 5.10 Å². The highest BCUT2D eigenvalue weighted by Gasteiger charge is 2.19. The van der Waals surface area contributed by atoms with E-state index in [0.717, 1.165) is 40.3 Å². The van der Waals surface area contributed by atoms with Crippen LogP contribution in [0, 0.1) is 11.8 Å². The summed E-state index contributed by atoms with van der Waals surface area (Å²) in [6.45, 7) is 1.65. The number of hydrogen-bond acceptors (Lipinski definition) is 8. The second-order valence-electron chi connectivity index (χ2n) is 6.95. The number of H-pyrrole nitrogens is 1. The Morgan fingerprint density at radius 2 is 1.84 bits per heavy atom. The molecule has 0 saturated carbocycles. The third-order valence-corrected chi connectivity index (χ3v) is 5.96. The lowest BCUT2D eigenvalue weighted by Crippen LogP contribution is -2.02. The summed E-state index contributed by atoms with van der Waals surface area (Å²) < 4.78 is 0. The number of benzene rings is 1. The Hall–Kier alpha value is -4.00. The normalized spacial score (nSPS) is 12.5. The number of aromatic nitrogens is 7. The summed E-state index contributed by atoms with van der Waals surface area (Å²) >= 11 is 1.62. The number of nitrogens with one attached hydrogen (secondary N) is 2. The monoisotopic (exact) mass is 422 g/mol. The lowest BCUT2D eigenvalue weighted by Gasteiger charge is -2.01. The predicted molar refractivity (Wildman–Crippen MR) is 117 cm³/mol. The van der Waals surface area contributed by atoms with Crippen molar-refractivity contribution in [3.05, 3.63) is 70.8 Å². The topological polar surface area (TPSA) is 105 Å². The summed E-state index contributed by atoms with van der Waals surface area (Å²) in [7, 11) is 0. The Balaban J connectivity index is 1.30. The maximum Gasteiger partial charge on any atom is 0.189 e. The van der Waals surface area contributed by atoms with Gasteiger partial charge in [-0.1, -0.05) is 5.92 Å². The fourth-order valence-corrected chi connectivity index (χ4v) is 4.33. The first-order chi connectivity index (χ1) is 15.3. The van der Waals surface area contributed by atoms with Crippen LogP contribution in [0.15, 0.2) is 48.9 Å². The maximum absolute atomic E-state index is 4.66. The third-order valence-electron chi connectivity index (χ3n) is 4.86. The van der Waals surface area contributed by atoms with Crippen molar-refractivity contribution in [3.63, 3.8) is 0 Å². The van der Waals surface area contributed by atoms with Crippen molar-refractivity contribution in [1.82, 2.24) is 40.4 Å². The second-order valence-corrected chi connectivity index (χ2v) is 8.03. The molecule has 0 bridgehead atoms. The highest BCUT2D eigenvalue weighted by molar-refractivity contribution is 7.15. The number of thiazole rings is 1. The molecule has 5 aromatic rings. The summed E-state index contributed by atoms with van der Waals surface area (Å²) in [5.74, 6) is 7.35. The number of rotatable bonds is 2. The minimum atomic E-state index is 0.506. The van der Waals surface area contributed by atoms with Crippen LogP contribution >= 0.6 is 11.3 Å². The molecule has 0 unspecified atom stereocenters. The van der Waals surface area contributed by atoms with Crippen molar-refractivity contribution in [1.29, 1.82) is 0 Å². The number of nitrogens with zero attached hydrogens (tertiary/aromatic N) is 6. The highest BCUT2D eigenvalue weighted by atomic mass is 32.1. The van der Waals surface area contributed by atoms with E-state index in [1.54, 1.807) is 42.1 Å². The van der Waals surface area contributed by atoms with E-state index >= 15 is 0 Å². The van der Waals surface area contributed by atoms with Gasteiger partial charge in [0, 0.05) is 41.3 Å². The highest BCUT2D eigenvalue weighted by Crippen LogP contribution is 2.29. The van der Waals surface area contributed by atoms with E-state index in [2.05, 4.69) is 52.3 Å². The summed E-state index contributed by atoms with van der Waals surface area (Å²) in [6, 6.07) is 9.49. The molecule has 31 heavy (non-hydrogen) atoms. The average molecular weight is 422 g/mol. The molecule has 2 N–H and O–H groups in total. The first-order valence-electron chi connectivity index (χ1n) is 9.63. The second kappa shape index (κ2) is 7.36. The van der Waals surface area contributed by atoms with Crippen LogP contribution in [0.3, 0.4) is 0 Å². The van der Waals surface area contributed by atoms with E-state index in [4.69, 9.17) is 0 Å². The van der Waals surface area contributed by atoms with Gasteiger partial charge in [0.2, 0.25) is 0 Å². The molecule has 1 aliphatic heterocycles. The van der Waals surface area contributed by atoms with Crippen molar-refractivity contribution < 1.29 is 0 Å². The van der Waals surface area contributed by atoms with Gasteiger partial charge in [-0.25, -0.2) is 24.9 Å². The minimum Gasteiger partial charge on any atom is -0.306 e. The smallest absolute Gasteiger partial charge is 0.189 e. The average Bonchev–Trinajstić information content (AvgIpc) is 3.54. The zero-order valence-electron chi connectivity index (χ0n) is 16.1.